The van der Waals surface area contributed by atoms with E-state index in [-0.39, 0.29) is 18.5 Å². The maximum Gasteiger partial charge on any atom is 0.250 e. The number of nitrogens with one attached hydrogen (secondary N) is 1. The van der Waals surface area contributed by atoms with Crippen LogP contribution in [0.1, 0.15) is 5.56 Å². The van der Waals surface area contributed by atoms with Gasteiger partial charge >= 0.3 is 0 Å². The van der Waals surface area contributed by atoms with Crippen molar-refractivity contribution >= 4 is 34.9 Å². The maximum atomic E-state index is 12.1. The van der Waals surface area contributed by atoms with Gasteiger partial charge in [0.2, 0.25) is 6.79 Å². The van der Waals surface area contributed by atoms with Crippen molar-refractivity contribution in [2.45, 2.75) is 5.16 Å². The molecule has 0 saturated heterocycles. The molecule has 0 radical (unpaired) electrons. The van der Waals surface area contributed by atoms with Crippen molar-refractivity contribution in [1.82, 2.24) is 15.0 Å². The Bertz CT molecular complexity index is 1060. The van der Waals surface area contributed by atoms with Gasteiger partial charge in [0.1, 0.15) is 5.75 Å². The molecule has 144 valence electrons. The first kappa shape index (κ1) is 18.2. The minimum Gasteiger partial charge on any atom is -0.497 e. The minimum atomic E-state index is -0.216. The van der Waals surface area contributed by atoms with Crippen molar-refractivity contribution < 1.29 is 19.0 Å². The zero-order valence-corrected chi connectivity index (χ0v) is 16.2. The van der Waals surface area contributed by atoms with Gasteiger partial charge in [-0.2, -0.15) is 5.10 Å². The number of nitrogens with zero attached hydrogens (tertiary/aromatic N) is 3. The molecule has 0 unspecified atom stereocenters. The molecule has 9 heteroatoms. The van der Waals surface area contributed by atoms with Crippen LogP contribution in [0.5, 0.6) is 17.2 Å². The third kappa shape index (κ3) is 3.74. The first-order chi connectivity index (χ1) is 13.6. The number of hydrogen-bond acceptors (Lipinski definition) is 7. The molecule has 0 saturated carbocycles. The molecule has 1 aromatic heterocycles. The van der Waals surface area contributed by atoms with E-state index in [0.29, 0.717) is 11.5 Å². The number of imidazole rings is 1. The van der Waals surface area contributed by atoms with E-state index in [2.05, 4.69) is 15.5 Å². The molecule has 3 aromatic rings. The Morgan fingerprint density at radius 3 is 3.04 bits per heavy atom. The third-order valence-electron chi connectivity index (χ3n) is 4.18. The van der Waals surface area contributed by atoms with Gasteiger partial charge in [-0.3, -0.25) is 4.79 Å². The Labute approximate surface area is 165 Å². The first-order valence-corrected chi connectivity index (χ1v) is 9.47. The van der Waals surface area contributed by atoms with E-state index in [0.717, 1.165) is 27.5 Å². The molecule has 1 aliphatic heterocycles. The summed E-state index contributed by atoms with van der Waals surface area (Å²) in [5, 5.41) is 4.74. The van der Waals surface area contributed by atoms with E-state index in [1.54, 1.807) is 19.4 Å². The highest BCUT2D eigenvalue weighted by atomic mass is 32.2. The van der Waals surface area contributed by atoms with Gasteiger partial charge in [-0.05, 0) is 35.9 Å². The highest BCUT2D eigenvalue weighted by molar-refractivity contribution is 7.99. The molecule has 2 aromatic carbocycles. The van der Waals surface area contributed by atoms with Crippen LogP contribution in [0, 0.1) is 0 Å². The second-order valence-electron chi connectivity index (χ2n) is 6.00. The molecule has 8 nitrogen and oxygen atoms in total. The predicted molar refractivity (Wildman–Crippen MR) is 106 cm³/mol. The van der Waals surface area contributed by atoms with Crippen molar-refractivity contribution in [1.29, 1.82) is 0 Å². The highest BCUT2D eigenvalue weighted by Gasteiger charge is 2.13. The molecule has 0 aliphatic carbocycles. The number of methoxy groups -OCH3 is 1. The number of ether oxygens (including phenoxy) is 3. The number of fused-ring (bicyclic) bond motifs is 2. The molecule has 1 aliphatic rings. The number of carbonyl (C=O) groups is 1. The van der Waals surface area contributed by atoms with Gasteiger partial charge in [0.25, 0.3) is 5.91 Å². The second kappa shape index (κ2) is 7.81. The van der Waals surface area contributed by atoms with Crippen LogP contribution >= 0.6 is 11.8 Å². The Hall–Kier alpha value is -3.20. The molecular formula is C19H18N4O4S. The number of carbonyl (C=O) groups excluding carboxylic acids is 1. The van der Waals surface area contributed by atoms with Crippen molar-refractivity contribution in [3.8, 4) is 17.2 Å². The van der Waals surface area contributed by atoms with Crippen molar-refractivity contribution in [3.63, 3.8) is 0 Å². The van der Waals surface area contributed by atoms with Gasteiger partial charge in [0.15, 0.2) is 16.7 Å². The standard InChI is InChI=1S/C19H18N4O4S/c1-23-15-5-4-13(25-2)8-14(15)21-19(23)28-10-18(24)22-20-9-12-3-6-16-17(7-12)27-11-26-16/h3-9H,10-11H2,1-2H3,(H,22,24)/b20-9+. The number of rotatable bonds is 6. The smallest absolute Gasteiger partial charge is 0.250 e. The summed E-state index contributed by atoms with van der Waals surface area (Å²) >= 11 is 1.35. The lowest BCUT2D eigenvalue weighted by atomic mass is 10.2. The SMILES string of the molecule is COc1ccc2c(c1)nc(SCC(=O)N/N=C/c1ccc3c(c1)OCO3)n2C. The molecular weight excluding hydrogens is 380 g/mol. The summed E-state index contributed by atoms with van der Waals surface area (Å²) < 4.78 is 17.7. The van der Waals surface area contributed by atoms with Gasteiger partial charge in [0.05, 0.1) is 30.1 Å². The van der Waals surface area contributed by atoms with Crippen molar-refractivity contribution in [2.24, 2.45) is 12.1 Å². The van der Waals surface area contributed by atoms with E-state index in [9.17, 15) is 4.79 Å². The van der Waals surface area contributed by atoms with E-state index in [1.807, 2.05) is 41.9 Å². The number of amides is 1. The lowest BCUT2D eigenvalue weighted by Crippen LogP contribution is -2.19. The van der Waals surface area contributed by atoms with Crippen LogP contribution in [-0.2, 0) is 11.8 Å². The monoisotopic (exact) mass is 398 g/mol. The summed E-state index contributed by atoms with van der Waals surface area (Å²) in [4.78, 5) is 16.6. The van der Waals surface area contributed by atoms with Crippen LogP contribution in [-0.4, -0.2) is 41.3 Å². The first-order valence-electron chi connectivity index (χ1n) is 8.49. The Morgan fingerprint density at radius 1 is 1.32 bits per heavy atom. The van der Waals surface area contributed by atoms with Crippen LogP contribution in [0.15, 0.2) is 46.7 Å². The fraction of sp³-hybridized carbons (Fsp3) is 0.211. The lowest BCUT2D eigenvalue weighted by Gasteiger charge is -2.02. The Kier molecular flexibility index (Phi) is 5.07. The predicted octanol–water partition coefficient (Wildman–Crippen LogP) is 2.55. The number of hydrogen-bond donors (Lipinski definition) is 1. The Balaban J connectivity index is 1.34. The van der Waals surface area contributed by atoms with Gasteiger partial charge in [-0.25, -0.2) is 10.4 Å². The molecule has 0 bridgehead atoms. The fourth-order valence-electron chi connectivity index (χ4n) is 2.75. The van der Waals surface area contributed by atoms with Gasteiger partial charge in [-0.15, -0.1) is 0 Å². The molecule has 0 fully saturated rings. The summed E-state index contributed by atoms with van der Waals surface area (Å²) in [6.07, 6.45) is 1.56. The van der Waals surface area contributed by atoms with Crippen LogP contribution in [0.4, 0.5) is 0 Å². The Morgan fingerprint density at radius 2 is 2.18 bits per heavy atom. The zero-order valence-electron chi connectivity index (χ0n) is 15.3. The number of hydrazone groups is 1. The quantitative estimate of drug-likeness (QED) is 0.390. The molecule has 0 atom stereocenters. The van der Waals surface area contributed by atoms with Crippen LogP contribution in [0.2, 0.25) is 0 Å². The average molecular weight is 398 g/mol. The topological polar surface area (TPSA) is 87.0 Å². The van der Waals surface area contributed by atoms with Crippen LogP contribution in [0.25, 0.3) is 11.0 Å². The molecule has 0 spiro atoms. The summed E-state index contributed by atoms with van der Waals surface area (Å²) in [5.74, 6) is 2.11. The van der Waals surface area contributed by atoms with E-state index < -0.39 is 0 Å². The van der Waals surface area contributed by atoms with Crippen molar-refractivity contribution in [3.05, 3.63) is 42.0 Å². The average Bonchev–Trinajstić information content (AvgIpc) is 3.30. The lowest BCUT2D eigenvalue weighted by molar-refractivity contribution is -0.118. The molecule has 28 heavy (non-hydrogen) atoms. The van der Waals surface area contributed by atoms with Crippen LogP contribution < -0.4 is 19.6 Å². The van der Waals surface area contributed by atoms with Gasteiger partial charge in [0, 0.05) is 13.1 Å². The maximum absolute atomic E-state index is 12.1. The number of benzene rings is 2. The largest absolute Gasteiger partial charge is 0.497 e. The molecule has 2 heterocycles. The number of thioether (sulfide) groups is 1. The van der Waals surface area contributed by atoms with Gasteiger partial charge in [-0.1, -0.05) is 11.8 Å². The van der Waals surface area contributed by atoms with Gasteiger partial charge < -0.3 is 18.8 Å². The molecule has 1 amide bonds. The summed E-state index contributed by atoms with van der Waals surface area (Å²) in [6, 6.07) is 11.2. The van der Waals surface area contributed by atoms with E-state index in [1.165, 1.54) is 11.8 Å². The summed E-state index contributed by atoms with van der Waals surface area (Å²) in [6.45, 7) is 0.221. The number of aryl methyl sites for hydroxylation is 1. The normalized spacial score (nSPS) is 12.6. The fourth-order valence-corrected chi connectivity index (χ4v) is 3.53. The zero-order chi connectivity index (χ0) is 19.5. The summed E-state index contributed by atoms with van der Waals surface area (Å²) in [7, 11) is 3.54. The van der Waals surface area contributed by atoms with Crippen LogP contribution in [0.3, 0.4) is 0 Å². The second-order valence-corrected chi connectivity index (χ2v) is 6.95. The van der Waals surface area contributed by atoms with E-state index in [4.69, 9.17) is 14.2 Å². The van der Waals surface area contributed by atoms with E-state index >= 15 is 0 Å². The molecule has 4 rings (SSSR count). The number of aromatic nitrogens is 2. The highest BCUT2D eigenvalue weighted by Crippen LogP contribution is 2.32. The molecule has 1 N–H and O–H groups in total. The third-order valence-corrected chi connectivity index (χ3v) is 5.21. The van der Waals surface area contributed by atoms with Crippen molar-refractivity contribution in [2.75, 3.05) is 19.7 Å². The summed E-state index contributed by atoms with van der Waals surface area (Å²) in [5.41, 5.74) is 5.13. The minimum absolute atomic E-state index is 0.201.